The second-order valence-electron chi connectivity index (χ2n) is 5.24. The Labute approximate surface area is 109 Å². The van der Waals surface area contributed by atoms with Crippen LogP contribution in [0.1, 0.15) is 52.4 Å². The number of hydrogen-bond acceptors (Lipinski definition) is 3. The number of carbonyl (C=O) groups is 1. The molecule has 0 aliphatic heterocycles. The van der Waals surface area contributed by atoms with Gasteiger partial charge in [0, 0.05) is 6.04 Å². The van der Waals surface area contributed by atoms with E-state index in [4.69, 9.17) is 10.9 Å². The number of nitrogens with one attached hydrogen (secondary N) is 1. The van der Waals surface area contributed by atoms with Crippen LogP contribution in [0.2, 0.25) is 0 Å². The van der Waals surface area contributed by atoms with Crippen molar-refractivity contribution in [3.63, 3.8) is 0 Å². The Balaban J connectivity index is 2.60. The van der Waals surface area contributed by atoms with Gasteiger partial charge in [-0.1, -0.05) is 38.3 Å². The van der Waals surface area contributed by atoms with Crippen LogP contribution < -0.4 is 11.1 Å². The van der Waals surface area contributed by atoms with E-state index in [1.54, 1.807) is 0 Å². The molecule has 0 aromatic rings. The first-order valence-corrected chi connectivity index (χ1v) is 6.87. The zero-order valence-electron chi connectivity index (χ0n) is 11.4. The van der Waals surface area contributed by atoms with Gasteiger partial charge in [0.05, 0.1) is 5.92 Å². The monoisotopic (exact) mass is 255 g/mol. The average Bonchev–Trinajstić information content (AvgIpc) is 2.37. The van der Waals surface area contributed by atoms with Gasteiger partial charge >= 0.3 is 0 Å². The number of amidine groups is 1. The fraction of sp³-hybridized carbons (Fsp3) is 0.846. The lowest BCUT2D eigenvalue weighted by molar-refractivity contribution is -0.124. The van der Waals surface area contributed by atoms with Crippen LogP contribution in [0.3, 0.4) is 0 Å². The van der Waals surface area contributed by atoms with Gasteiger partial charge in [0.2, 0.25) is 5.91 Å². The topological polar surface area (TPSA) is 87.7 Å². The number of rotatable bonds is 5. The molecule has 4 N–H and O–H groups in total. The SMILES string of the molecule is CCCC(C(=O)NC1CCCCC1C)C(N)=NO. The van der Waals surface area contributed by atoms with Crippen molar-refractivity contribution in [2.45, 2.75) is 58.4 Å². The third kappa shape index (κ3) is 3.89. The summed E-state index contributed by atoms with van der Waals surface area (Å²) in [5.74, 6) is -0.0879. The zero-order valence-corrected chi connectivity index (χ0v) is 11.4. The Morgan fingerprint density at radius 1 is 1.50 bits per heavy atom. The van der Waals surface area contributed by atoms with Crippen LogP contribution in [0, 0.1) is 11.8 Å². The van der Waals surface area contributed by atoms with Gasteiger partial charge in [0.15, 0.2) is 5.84 Å². The molecule has 0 aromatic heterocycles. The van der Waals surface area contributed by atoms with E-state index in [-0.39, 0.29) is 17.8 Å². The first kappa shape index (κ1) is 14.8. The van der Waals surface area contributed by atoms with Crippen LogP contribution >= 0.6 is 0 Å². The second kappa shape index (κ2) is 7.24. The quantitative estimate of drug-likeness (QED) is 0.303. The Bertz CT molecular complexity index is 305. The Morgan fingerprint density at radius 3 is 2.72 bits per heavy atom. The van der Waals surface area contributed by atoms with E-state index in [9.17, 15) is 4.79 Å². The van der Waals surface area contributed by atoms with E-state index in [0.29, 0.717) is 12.3 Å². The van der Waals surface area contributed by atoms with Crippen molar-refractivity contribution in [2.75, 3.05) is 0 Å². The van der Waals surface area contributed by atoms with E-state index < -0.39 is 5.92 Å². The number of amides is 1. The minimum absolute atomic E-state index is 0.0119. The summed E-state index contributed by atoms with van der Waals surface area (Å²) in [6.45, 7) is 4.15. The molecular weight excluding hydrogens is 230 g/mol. The molecule has 1 aliphatic rings. The Hall–Kier alpha value is -1.26. The molecule has 0 radical (unpaired) electrons. The minimum Gasteiger partial charge on any atom is -0.409 e. The lowest BCUT2D eigenvalue weighted by atomic mass is 9.85. The lowest BCUT2D eigenvalue weighted by Crippen LogP contribution is -2.46. The molecule has 3 atom stereocenters. The second-order valence-corrected chi connectivity index (χ2v) is 5.24. The van der Waals surface area contributed by atoms with Gasteiger partial charge < -0.3 is 16.3 Å². The largest absolute Gasteiger partial charge is 0.409 e. The van der Waals surface area contributed by atoms with E-state index in [0.717, 1.165) is 25.7 Å². The molecule has 1 rings (SSSR count). The van der Waals surface area contributed by atoms with Gasteiger partial charge in [0.25, 0.3) is 0 Å². The summed E-state index contributed by atoms with van der Waals surface area (Å²) in [4.78, 5) is 12.2. The molecular formula is C13H25N3O2. The van der Waals surface area contributed by atoms with Crippen molar-refractivity contribution in [1.82, 2.24) is 5.32 Å². The molecule has 1 amide bonds. The molecule has 1 aliphatic carbocycles. The molecule has 5 heteroatoms. The van der Waals surface area contributed by atoms with Gasteiger partial charge in [-0.2, -0.15) is 0 Å². The predicted molar refractivity (Wildman–Crippen MR) is 71.4 cm³/mol. The number of carbonyl (C=O) groups excluding carboxylic acids is 1. The molecule has 0 saturated heterocycles. The Morgan fingerprint density at radius 2 is 2.17 bits per heavy atom. The standard InChI is InChI=1S/C13H25N3O2/c1-3-6-10(12(14)16-18)13(17)15-11-8-5-4-7-9(11)2/h9-11,18H,3-8H2,1-2H3,(H2,14,16)(H,15,17). The molecule has 1 saturated carbocycles. The third-order valence-electron chi connectivity index (χ3n) is 3.81. The molecule has 18 heavy (non-hydrogen) atoms. The van der Waals surface area contributed by atoms with Crippen molar-refractivity contribution >= 4 is 11.7 Å². The van der Waals surface area contributed by atoms with Crippen molar-refractivity contribution in [3.05, 3.63) is 0 Å². The van der Waals surface area contributed by atoms with E-state index >= 15 is 0 Å². The first-order valence-electron chi connectivity index (χ1n) is 6.87. The van der Waals surface area contributed by atoms with Crippen molar-refractivity contribution in [2.24, 2.45) is 22.7 Å². The number of oxime groups is 1. The van der Waals surface area contributed by atoms with E-state index in [1.807, 2.05) is 6.92 Å². The summed E-state index contributed by atoms with van der Waals surface area (Å²) >= 11 is 0. The molecule has 0 heterocycles. The highest BCUT2D eigenvalue weighted by atomic mass is 16.4. The minimum atomic E-state index is -0.505. The maximum atomic E-state index is 12.2. The molecule has 0 spiro atoms. The average molecular weight is 255 g/mol. The summed E-state index contributed by atoms with van der Waals surface area (Å²) in [6, 6.07) is 0.233. The smallest absolute Gasteiger partial charge is 0.231 e. The maximum Gasteiger partial charge on any atom is 0.231 e. The molecule has 104 valence electrons. The van der Waals surface area contributed by atoms with Gasteiger partial charge in [-0.3, -0.25) is 4.79 Å². The summed E-state index contributed by atoms with van der Waals surface area (Å²) in [5.41, 5.74) is 5.58. The van der Waals surface area contributed by atoms with Gasteiger partial charge in [-0.15, -0.1) is 0 Å². The highest BCUT2D eigenvalue weighted by molar-refractivity contribution is 6.02. The van der Waals surface area contributed by atoms with Crippen molar-refractivity contribution < 1.29 is 10.0 Å². The van der Waals surface area contributed by atoms with E-state index in [1.165, 1.54) is 6.42 Å². The van der Waals surface area contributed by atoms with Crippen LogP contribution in [0.25, 0.3) is 0 Å². The highest BCUT2D eigenvalue weighted by Crippen LogP contribution is 2.24. The molecule has 3 unspecified atom stereocenters. The van der Waals surface area contributed by atoms with Crippen LogP contribution in [0.5, 0.6) is 0 Å². The summed E-state index contributed by atoms with van der Waals surface area (Å²) < 4.78 is 0. The number of nitrogens with two attached hydrogens (primary N) is 1. The van der Waals surface area contributed by atoms with Gasteiger partial charge in [-0.25, -0.2) is 0 Å². The molecule has 5 nitrogen and oxygen atoms in total. The zero-order chi connectivity index (χ0) is 13.5. The predicted octanol–water partition coefficient (Wildman–Crippen LogP) is 1.84. The van der Waals surface area contributed by atoms with Crippen LogP contribution in [-0.4, -0.2) is 23.0 Å². The van der Waals surface area contributed by atoms with Gasteiger partial charge in [-0.05, 0) is 25.2 Å². The van der Waals surface area contributed by atoms with Crippen LogP contribution in [0.4, 0.5) is 0 Å². The number of nitrogens with zero attached hydrogens (tertiary/aromatic N) is 1. The van der Waals surface area contributed by atoms with Crippen LogP contribution in [-0.2, 0) is 4.79 Å². The first-order chi connectivity index (χ1) is 8.60. The highest BCUT2D eigenvalue weighted by Gasteiger charge is 2.28. The summed E-state index contributed by atoms with van der Waals surface area (Å²) in [5, 5.41) is 14.8. The summed E-state index contributed by atoms with van der Waals surface area (Å²) in [7, 11) is 0. The summed E-state index contributed by atoms with van der Waals surface area (Å²) in [6.07, 6.45) is 6.04. The molecule has 0 bridgehead atoms. The fourth-order valence-corrected chi connectivity index (χ4v) is 2.59. The Kier molecular flexibility index (Phi) is 5.95. The third-order valence-corrected chi connectivity index (χ3v) is 3.81. The maximum absolute atomic E-state index is 12.2. The molecule has 1 fully saturated rings. The van der Waals surface area contributed by atoms with E-state index in [2.05, 4.69) is 17.4 Å². The lowest BCUT2D eigenvalue weighted by Gasteiger charge is -2.30. The number of hydrogen-bond donors (Lipinski definition) is 3. The fourth-order valence-electron chi connectivity index (χ4n) is 2.59. The van der Waals surface area contributed by atoms with Gasteiger partial charge in [0.1, 0.15) is 0 Å². The molecule has 0 aromatic carbocycles. The normalized spacial score (nSPS) is 26.7. The van der Waals surface area contributed by atoms with Crippen molar-refractivity contribution in [3.8, 4) is 0 Å². The van der Waals surface area contributed by atoms with Crippen LogP contribution in [0.15, 0.2) is 5.16 Å². The van der Waals surface area contributed by atoms with Crippen molar-refractivity contribution in [1.29, 1.82) is 0 Å².